The van der Waals surface area contributed by atoms with Crippen molar-refractivity contribution < 1.29 is 4.74 Å². The smallest absolute Gasteiger partial charge is 0.0835 e. The molecule has 108 valence electrons. The Morgan fingerprint density at radius 1 is 1.63 bits per heavy atom. The number of halogens is 1. The third-order valence-corrected chi connectivity index (χ3v) is 3.83. The van der Waals surface area contributed by atoms with Gasteiger partial charge in [0.2, 0.25) is 0 Å². The maximum absolute atomic E-state index is 6.32. The van der Waals surface area contributed by atoms with Gasteiger partial charge in [0.25, 0.3) is 0 Å². The highest BCUT2D eigenvalue weighted by Gasteiger charge is 2.30. The predicted molar refractivity (Wildman–Crippen MR) is 76.6 cm³/mol. The number of hydrogen-bond acceptors (Lipinski definition) is 4. The summed E-state index contributed by atoms with van der Waals surface area (Å²) in [5.41, 5.74) is 1.04. The molecular formula is C13H23ClN4O. The summed E-state index contributed by atoms with van der Waals surface area (Å²) in [6.07, 6.45) is 4.11. The van der Waals surface area contributed by atoms with Crippen molar-refractivity contribution in [1.82, 2.24) is 20.0 Å². The van der Waals surface area contributed by atoms with Crippen LogP contribution in [0.25, 0.3) is 0 Å². The number of nitrogens with zero attached hydrogens (tertiary/aromatic N) is 3. The quantitative estimate of drug-likeness (QED) is 0.861. The minimum atomic E-state index is 0.111. The average molecular weight is 287 g/mol. The van der Waals surface area contributed by atoms with Crippen molar-refractivity contribution in [1.29, 1.82) is 0 Å². The summed E-state index contributed by atoms with van der Waals surface area (Å²) in [4.78, 5) is 2.14. The molecule has 1 aliphatic rings. The lowest BCUT2D eigenvalue weighted by atomic mass is 10.0. The number of likely N-dealkylation sites (N-methyl/N-ethyl adjacent to an activating group) is 2. The molecule has 5 nitrogen and oxygen atoms in total. The lowest BCUT2D eigenvalue weighted by Gasteiger charge is -2.24. The van der Waals surface area contributed by atoms with E-state index in [1.54, 1.807) is 6.20 Å². The molecule has 0 saturated carbocycles. The Hall–Kier alpha value is -0.620. The summed E-state index contributed by atoms with van der Waals surface area (Å²) in [5.74, 6) is 0. The Morgan fingerprint density at radius 3 is 3.00 bits per heavy atom. The van der Waals surface area contributed by atoms with Crippen molar-refractivity contribution >= 4 is 11.6 Å². The van der Waals surface area contributed by atoms with Gasteiger partial charge in [-0.15, -0.1) is 0 Å². The van der Waals surface area contributed by atoms with E-state index in [-0.39, 0.29) is 12.1 Å². The van der Waals surface area contributed by atoms with Crippen molar-refractivity contribution in [2.45, 2.75) is 31.5 Å². The summed E-state index contributed by atoms with van der Waals surface area (Å²) >= 11 is 6.32. The van der Waals surface area contributed by atoms with E-state index in [9.17, 15) is 0 Å². The number of ether oxygens (including phenoxy) is 1. The molecule has 19 heavy (non-hydrogen) atoms. The molecule has 1 aliphatic heterocycles. The first-order valence-corrected chi connectivity index (χ1v) is 7.16. The summed E-state index contributed by atoms with van der Waals surface area (Å²) in [6, 6.07) is 0.111. The predicted octanol–water partition coefficient (Wildman–Crippen LogP) is 1.54. The largest absolute Gasteiger partial charge is 0.376 e. The second-order valence-electron chi connectivity index (χ2n) is 5.22. The Labute approximate surface area is 119 Å². The van der Waals surface area contributed by atoms with E-state index < -0.39 is 0 Å². The van der Waals surface area contributed by atoms with Gasteiger partial charge in [0, 0.05) is 13.2 Å². The van der Waals surface area contributed by atoms with Crippen LogP contribution < -0.4 is 5.32 Å². The fraction of sp³-hybridized carbons (Fsp3) is 0.769. The van der Waals surface area contributed by atoms with E-state index in [1.807, 2.05) is 11.7 Å². The van der Waals surface area contributed by atoms with Gasteiger partial charge in [-0.1, -0.05) is 11.6 Å². The maximum atomic E-state index is 6.32. The second-order valence-corrected chi connectivity index (χ2v) is 5.63. The molecule has 1 aromatic rings. The topological polar surface area (TPSA) is 42.3 Å². The van der Waals surface area contributed by atoms with E-state index in [2.05, 4.69) is 29.4 Å². The molecule has 2 unspecified atom stereocenters. The van der Waals surface area contributed by atoms with Gasteiger partial charge < -0.3 is 15.0 Å². The monoisotopic (exact) mass is 286 g/mol. The summed E-state index contributed by atoms with van der Waals surface area (Å²) in [5, 5.41) is 8.44. The van der Waals surface area contributed by atoms with E-state index in [4.69, 9.17) is 16.3 Å². The van der Waals surface area contributed by atoms with Crippen molar-refractivity contribution in [3.8, 4) is 0 Å². The van der Waals surface area contributed by atoms with Gasteiger partial charge in [-0.25, -0.2) is 0 Å². The Morgan fingerprint density at radius 2 is 2.42 bits per heavy atom. The molecule has 1 aromatic heterocycles. The molecule has 2 heterocycles. The number of rotatable bonds is 6. The van der Waals surface area contributed by atoms with Crippen molar-refractivity contribution in [2.75, 3.05) is 34.3 Å². The number of hydrogen-bond donors (Lipinski definition) is 1. The summed E-state index contributed by atoms with van der Waals surface area (Å²) in [6.45, 7) is 2.61. The van der Waals surface area contributed by atoms with Crippen LogP contribution in [0.4, 0.5) is 0 Å². The third kappa shape index (κ3) is 3.48. The fourth-order valence-electron chi connectivity index (χ4n) is 2.52. The highest BCUT2D eigenvalue weighted by Crippen LogP contribution is 2.30. The molecule has 1 saturated heterocycles. The zero-order valence-electron chi connectivity index (χ0n) is 11.9. The fourth-order valence-corrected chi connectivity index (χ4v) is 2.78. The first-order chi connectivity index (χ1) is 9.13. The molecule has 0 aromatic carbocycles. The van der Waals surface area contributed by atoms with Gasteiger partial charge in [-0.3, -0.25) is 4.68 Å². The Bertz CT molecular complexity index is 401. The van der Waals surface area contributed by atoms with Crippen molar-refractivity contribution in [3.63, 3.8) is 0 Å². The number of aromatic nitrogens is 2. The molecule has 6 heteroatoms. The Kier molecular flexibility index (Phi) is 5.21. The molecule has 0 aliphatic carbocycles. The molecule has 0 spiro atoms. The highest BCUT2D eigenvalue weighted by atomic mass is 35.5. The minimum Gasteiger partial charge on any atom is -0.376 e. The van der Waals surface area contributed by atoms with E-state index in [0.29, 0.717) is 5.02 Å². The average Bonchev–Trinajstić information content (AvgIpc) is 3.00. The van der Waals surface area contributed by atoms with E-state index >= 15 is 0 Å². The summed E-state index contributed by atoms with van der Waals surface area (Å²) < 4.78 is 7.78. The van der Waals surface area contributed by atoms with Crippen LogP contribution in [0, 0.1) is 0 Å². The van der Waals surface area contributed by atoms with Crippen LogP contribution in [-0.2, 0) is 11.3 Å². The van der Waals surface area contributed by atoms with Crippen LogP contribution >= 0.6 is 11.6 Å². The molecule has 0 radical (unpaired) electrons. The molecule has 2 atom stereocenters. The molecule has 0 amide bonds. The van der Waals surface area contributed by atoms with Gasteiger partial charge in [0.05, 0.1) is 35.6 Å². The van der Waals surface area contributed by atoms with Gasteiger partial charge in [-0.2, -0.15) is 5.10 Å². The lowest BCUT2D eigenvalue weighted by molar-refractivity contribution is 0.0778. The zero-order valence-corrected chi connectivity index (χ0v) is 12.7. The third-order valence-electron chi connectivity index (χ3n) is 3.53. The minimum absolute atomic E-state index is 0.111. The van der Waals surface area contributed by atoms with Crippen LogP contribution in [0.15, 0.2) is 6.20 Å². The maximum Gasteiger partial charge on any atom is 0.0835 e. The summed E-state index contributed by atoms with van der Waals surface area (Å²) in [7, 11) is 6.06. The molecule has 1 fully saturated rings. The zero-order chi connectivity index (χ0) is 13.8. The molecule has 0 bridgehead atoms. The highest BCUT2D eigenvalue weighted by molar-refractivity contribution is 6.31. The van der Waals surface area contributed by atoms with Crippen molar-refractivity contribution in [3.05, 3.63) is 16.9 Å². The van der Waals surface area contributed by atoms with Crippen LogP contribution in [0.5, 0.6) is 0 Å². The van der Waals surface area contributed by atoms with Crippen LogP contribution in [-0.4, -0.2) is 55.1 Å². The van der Waals surface area contributed by atoms with Crippen LogP contribution in [0.2, 0.25) is 5.02 Å². The van der Waals surface area contributed by atoms with Crippen LogP contribution in [0.3, 0.4) is 0 Å². The normalized spacial score (nSPS) is 21.2. The first-order valence-electron chi connectivity index (χ1n) is 6.78. The standard InChI is InChI=1S/C13H23ClN4O/c1-15-12(11-5-4-8-19-11)13-10(14)9-16-18(13)7-6-17(2)3/h9,11-12,15H,4-8H2,1-3H3. The first kappa shape index (κ1) is 14.8. The Balaban J connectivity index is 2.18. The molecular weight excluding hydrogens is 264 g/mol. The van der Waals surface area contributed by atoms with Gasteiger partial charge in [-0.05, 0) is 34.0 Å². The van der Waals surface area contributed by atoms with Gasteiger partial charge in [0.1, 0.15) is 0 Å². The van der Waals surface area contributed by atoms with E-state index in [1.165, 1.54) is 0 Å². The molecule has 1 N–H and O–H groups in total. The van der Waals surface area contributed by atoms with Gasteiger partial charge in [0.15, 0.2) is 0 Å². The van der Waals surface area contributed by atoms with E-state index in [0.717, 1.165) is 38.2 Å². The van der Waals surface area contributed by atoms with Crippen molar-refractivity contribution in [2.24, 2.45) is 0 Å². The second kappa shape index (κ2) is 6.70. The SMILES string of the molecule is CNC(c1c(Cl)cnn1CCN(C)C)C1CCCO1. The lowest BCUT2D eigenvalue weighted by Crippen LogP contribution is -2.32. The molecule has 2 rings (SSSR count). The van der Waals surface area contributed by atoms with Crippen LogP contribution in [0.1, 0.15) is 24.6 Å². The van der Waals surface area contributed by atoms with Gasteiger partial charge >= 0.3 is 0 Å². The number of nitrogens with one attached hydrogen (secondary N) is 1.